The molecule has 1 heterocycles. The van der Waals surface area contributed by atoms with Gasteiger partial charge in [0.2, 0.25) is 10.0 Å². The van der Waals surface area contributed by atoms with Crippen molar-refractivity contribution in [3.8, 4) is 0 Å². The topological polar surface area (TPSA) is 96.4 Å². The Morgan fingerprint density at radius 1 is 1.35 bits per heavy atom. The highest BCUT2D eigenvalue weighted by atomic mass is 32.2. The molecule has 0 aliphatic carbocycles. The number of hydrogen-bond donors (Lipinski definition) is 2. The molecule has 0 aliphatic rings. The molecule has 2 rings (SSSR count). The van der Waals surface area contributed by atoms with E-state index in [9.17, 15) is 18.3 Å². The first-order chi connectivity index (χ1) is 10.7. The number of hydrogen-bond acceptors (Lipinski definition) is 4. The fourth-order valence-corrected chi connectivity index (χ4v) is 3.57. The van der Waals surface area contributed by atoms with Gasteiger partial charge in [-0.05, 0) is 32.4 Å². The van der Waals surface area contributed by atoms with Crippen molar-refractivity contribution in [3.05, 3.63) is 48.2 Å². The number of carboxylic acid groups (broad SMARTS) is 1. The first-order valence-electron chi connectivity index (χ1n) is 6.96. The van der Waals surface area contributed by atoms with E-state index < -0.39 is 22.0 Å². The molecule has 0 radical (unpaired) electrons. The fourth-order valence-electron chi connectivity index (χ4n) is 2.21. The quantitative estimate of drug-likeness (QED) is 0.790. The van der Waals surface area contributed by atoms with Gasteiger partial charge in [-0.1, -0.05) is 23.8 Å². The molecule has 2 aromatic rings. The molecule has 23 heavy (non-hydrogen) atoms. The van der Waals surface area contributed by atoms with Crippen LogP contribution in [0.15, 0.2) is 47.4 Å². The van der Waals surface area contributed by atoms with Crippen LogP contribution in [-0.2, 0) is 14.8 Å². The maximum Gasteiger partial charge on any atom is 0.322 e. The van der Waals surface area contributed by atoms with E-state index in [4.69, 9.17) is 0 Å². The van der Waals surface area contributed by atoms with Crippen LogP contribution in [0.5, 0.6) is 0 Å². The van der Waals surface area contributed by atoms with Crippen LogP contribution in [0.25, 0.3) is 10.9 Å². The fraction of sp³-hybridized carbons (Fsp3) is 0.250. The van der Waals surface area contributed by atoms with Gasteiger partial charge in [0.05, 0.1) is 5.52 Å². The third kappa shape index (κ3) is 3.94. The van der Waals surface area contributed by atoms with Crippen molar-refractivity contribution in [3.63, 3.8) is 0 Å². The summed E-state index contributed by atoms with van der Waals surface area (Å²) < 4.78 is 27.4. The summed E-state index contributed by atoms with van der Waals surface area (Å²) in [4.78, 5) is 15.5. The summed E-state index contributed by atoms with van der Waals surface area (Å²) in [5.41, 5.74) is 1.57. The largest absolute Gasteiger partial charge is 0.480 e. The normalized spacial score (nSPS) is 13.0. The highest BCUT2D eigenvalue weighted by molar-refractivity contribution is 7.89. The molecule has 0 amide bonds. The Labute approximate surface area is 134 Å². The van der Waals surface area contributed by atoms with Crippen LogP contribution in [0.4, 0.5) is 0 Å². The lowest BCUT2D eigenvalue weighted by Gasteiger charge is -2.15. The third-order valence-electron chi connectivity index (χ3n) is 3.26. The number of sulfonamides is 1. The minimum atomic E-state index is -4.03. The van der Waals surface area contributed by atoms with Crippen LogP contribution in [0.3, 0.4) is 0 Å². The second-order valence-electron chi connectivity index (χ2n) is 5.45. The van der Waals surface area contributed by atoms with E-state index in [0.717, 1.165) is 0 Å². The zero-order valence-electron chi connectivity index (χ0n) is 12.9. The van der Waals surface area contributed by atoms with Crippen LogP contribution < -0.4 is 4.72 Å². The number of carbonyl (C=O) groups is 1. The molecule has 6 nitrogen and oxygen atoms in total. The number of fused-ring (bicyclic) bond motifs is 1. The van der Waals surface area contributed by atoms with Gasteiger partial charge in [-0.2, -0.15) is 4.72 Å². The molecule has 2 N–H and O–H groups in total. The number of para-hydroxylation sites is 1. The van der Waals surface area contributed by atoms with E-state index in [-0.39, 0.29) is 11.3 Å². The third-order valence-corrected chi connectivity index (χ3v) is 4.76. The zero-order valence-corrected chi connectivity index (χ0v) is 13.7. The van der Waals surface area contributed by atoms with Crippen molar-refractivity contribution in [1.82, 2.24) is 9.71 Å². The van der Waals surface area contributed by atoms with E-state index in [1.165, 1.54) is 6.07 Å². The van der Waals surface area contributed by atoms with E-state index in [1.807, 2.05) is 0 Å². The predicted molar refractivity (Wildman–Crippen MR) is 87.7 cm³/mol. The van der Waals surface area contributed by atoms with Crippen molar-refractivity contribution < 1.29 is 18.3 Å². The Balaban J connectivity index is 2.49. The van der Waals surface area contributed by atoms with Gasteiger partial charge in [-0.15, -0.1) is 6.58 Å². The molecule has 0 saturated carbocycles. The summed E-state index contributed by atoms with van der Waals surface area (Å²) in [7, 11) is -4.03. The maximum atomic E-state index is 12.6. The maximum absolute atomic E-state index is 12.6. The van der Waals surface area contributed by atoms with Gasteiger partial charge in [-0.3, -0.25) is 9.78 Å². The van der Waals surface area contributed by atoms with Crippen molar-refractivity contribution in [2.45, 2.75) is 31.2 Å². The van der Waals surface area contributed by atoms with Gasteiger partial charge in [0.15, 0.2) is 0 Å². The van der Waals surface area contributed by atoms with E-state index >= 15 is 0 Å². The number of pyridine rings is 1. The van der Waals surface area contributed by atoms with Crippen LogP contribution in [-0.4, -0.2) is 30.5 Å². The monoisotopic (exact) mass is 334 g/mol. The number of nitrogens with one attached hydrogen (secondary N) is 1. The number of aliphatic carboxylic acids is 1. The molecule has 122 valence electrons. The van der Waals surface area contributed by atoms with Gasteiger partial charge < -0.3 is 5.11 Å². The highest BCUT2D eigenvalue weighted by Gasteiger charge is 2.27. The summed E-state index contributed by atoms with van der Waals surface area (Å²) >= 11 is 0. The van der Waals surface area contributed by atoms with Gasteiger partial charge >= 0.3 is 5.97 Å². The molecular weight excluding hydrogens is 316 g/mol. The van der Waals surface area contributed by atoms with Crippen molar-refractivity contribution in [2.75, 3.05) is 0 Å². The molecule has 7 heteroatoms. The first kappa shape index (κ1) is 17.1. The number of aromatic nitrogens is 1. The van der Waals surface area contributed by atoms with Crippen LogP contribution in [0.1, 0.15) is 19.0 Å². The van der Waals surface area contributed by atoms with E-state index in [2.05, 4.69) is 16.3 Å². The Hall–Kier alpha value is -2.25. The lowest BCUT2D eigenvalue weighted by Crippen LogP contribution is -2.40. The molecule has 0 bridgehead atoms. The summed E-state index contributed by atoms with van der Waals surface area (Å²) in [5, 5.41) is 9.88. The molecule has 0 spiro atoms. The molecular formula is C16H18N2O4S. The van der Waals surface area contributed by atoms with Gasteiger partial charge in [0.1, 0.15) is 10.9 Å². The van der Waals surface area contributed by atoms with Crippen LogP contribution in [0.2, 0.25) is 0 Å². The number of carboxylic acids is 1. The van der Waals surface area contributed by atoms with E-state index in [1.54, 1.807) is 38.1 Å². The SMILES string of the molecule is C=C(C)CC(NS(=O)(=O)c1cccc2ccc(C)nc12)C(=O)O. The molecule has 1 unspecified atom stereocenters. The Morgan fingerprint density at radius 3 is 2.65 bits per heavy atom. The molecule has 1 aromatic carbocycles. The Kier molecular flexibility index (Phi) is 4.82. The summed E-state index contributed by atoms with van der Waals surface area (Å²) in [6.07, 6.45) is 0.0196. The van der Waals surface area contributed by atoms with Crippen molar-refractivity contribution in [2.24, 2.45) is 0 Å². The molecule has 1 atom stereocenters. The lowest BCUT2D eigenvalue weighted by atomic mass is 10.1. The standard InChI is InChI=1S/C16H18N2O4S/c1-10(2)9-13(16(19)20)18-23(21,22)14-6-4-5-12-8-7-11(3)17-15(12)14/h4-8,13,18H,1,9H2,2-3H3,(H,19,20). The summed E-state index contributed by atoms with van der Waals surface area (Å²) in [6.45, 7) is 7.04. The second kappa shape index (κ2) is 6.47. The predicted octanol–water partition coefficient (Wildman–Crippen LogP) is 2.24. The second-order valence-corrected chi connectivity index (χ2v) is 7.14. The molecule has 0 fully saturated rings. The summed E-state index contributed by atoms with van der Waals surface area (Å²) in [5.74, 6) is -1.25. The summed E-state index contributed by atoms with van der Waals surface area (Å²) in [6, 6.07) is 7.06. The first-order valence-corrected chi connectivity index (χ1v) is 8.45. The zero-order chi connectivity index (χ0) is 17.2. The Bertz CT molecular complexity index is 875. The minimum Gasteiger partial charge on any atom is -0.480 e. The van der Waals surface area contributed by atoms with Gasteiger partial charge in [-0.25, -0.2) is 8.42 Å². The van der Waals surface area contributed by atoms with E-state index in [0.29, 0.717) is 22.2 Å². The van der Waals surface area contributed by atoms with Gasteiger partial charge in [0.25, 0.3) is 0 Å². The number of aryl methyl sites for hydroxylation is 1. The molecule has 0 aliphatic heterocycles. The average Bonchev–Trinajstić information content (AvgIpc) is 2.44. The number of nitrogens with zero attached hydrogens (tertiary/aromatic N) is 1. The van der Waals surface area contributed by atoms with Crippen LogP contribution >= 0.6 is 0 Å². The number of benzene rings is 1. The number of rotatable bonds is 6. The highest BCUT2D eigenvalue weighted by Crippen LogP contribution is 2.22. The van der Waals surface area contributed by atoms with Crippen molar-refractivity contribution in [1.29, 1.82) is 0 Å². The van der Waals surface area contributed by atoms with Crippen LogP contribution in [0, 0.1) is 6.92 Å². The average molecular weight is 334 g/mol. The lowest BCUT2D eigenvalue weighted by molar-refractivity contribution is -0.138. The molecule has 1 aromatic heterocycles. The molecule has 0 saturated heterocycles. The smallest absolute Gasteiger partial charge is 0.322 e. The van der Waals surface area contributed by atoms with Gasteiger partial charge in [0, 0.05) is 11.1 Å². The Morgan fingerprint density at radius 2 is 2.04 bits per heavy atom. The van der Waals surface area contributed by atoms with Crippen molar-refractivity contribution >= 4 is 26.9 Å². The minimum absolute atomic E-state index is 0.0196.